The predicted octanol–water partition coefficient (Wildman–Crippen LogP) is 1.26. The second-order valence-corrected chi connectivity index (χ2v) is 0.811. The minimum absolute atomic E-state index is 1.32. The molecule has 0 saturated heterocycles. The molecule has 0 fully saturated rings. The van der Waals surface area contributed by atoms with Crippen LogP contribution in [0.5, 0.6) is 0 Å². The van der Waals surface area contributed by atoms with Crippen molar-refractivity contribution in [2.45, 2.75) is 0 Å². The predicted molar refractivity (Wildman–Crippen MR) is 27.4 cm³/mol. The molecule has 0 heterocycles. The Morgan fingerprint density at radius 3 is 2.57 bits per heavy atom. The Morgan fingerprint density at radius 1 is 1.43 bits per heavy atom. The standard InChI is InChI=1S/C5H8O2/c1-3-7-5-4-6-2/h3-5H,1H2,2H3/b5-4-. The summed E-state index contributed by atoms with van der Waals surface area (Å²) in [5.74, 6) is 0. The van der Waals surface area contributed by atoms with Gasteiger partial charge in [0.05, 0.1) is 13.4 Å². The molecule has 2 heteroatoms. The minimum atomic E-state index is 1.32. The number of rotatable bonds is 3. The Labute approximate surface area is 43.0 Å². The van der Waals surface area contributed by atoms with Crippen LogP contribution in [-0.2, 0) is 9.47 Å². The van der Waals surface area contributed by atoms with Crippen molar-refractivity contribution in [2.75, 3.05) is 7.11 Å². The van der Waals surface area contributed by atoms with Gasteiger partial charge in [0.25, 0.3) is 0 Å². The van der Waals surface area contributed by atoms with Crippen LogP contribution >= 0.6 is 0 Å². The minimum Gasteiger partial charge on any atom is -0.501 e. The third-order valence-corrected chi connectivity index (χ3v) is 0.366. The largest absolute Gasteiger partial charge is 0.501 e. The van der Waals surface area contributed by atoms with Crippen LogP contribution in [0.3, 0.4) is 0 Å². The maximum Gasteiger partial charge on any atom is 0.124 e. The molecule has 0 N–H and O–H groups in total. The fourth-order valence-corrected chi connectivity index (χ4v) is 0.143. The molecule has 0 rings (SSSR count). The van der Waals surface area contributed by atoms with Gasteiger partial charge in [-0.2, -0.15) is 0 Å². The van der Waals surface area contributed by atoms with Gasteiger partial charge in [-0.1, -0.05) is 6.58 Å². The Hall–Kier alpha value is -0.920. The lowest BCUT2D eigenvalue weighted by atomic mass is 11.0. The zero-order chi connectivity index (χ0) is 5.54. The van der Waals surface area contributed by atoms with E-state index in [1.165, 1.54) is 18.8 Å². The highest BCUT2D eigenvalue weighted by atomic mass is 16.5. The number of hydrogen-bond acceptors (Lipinski definition) is 2. The van der Waals surface area contributed by atoms with Gasteiger partial charge in [0.15, 0.2) is 0 Å². The Morgan fingerprint density at radius 2 is 2.14 bits per heavy atom. The van der Waals surface area contributed by atoms with Crippen LogP contribution in [0.25, 0.3) is 0 Å². The lowest BCUT2D eigenvalue weighted by molar-refractivity contribution is 0.306. The first-order chi connectivity index (χ1) is 3.41. The van der Waals surface area contributed by atoms with Crippen LogP contribution < -0.4 is 0 Å². The third kappa shape index (κ3) is 5.08. The van der Waals surface area contributed by atoms with Gasteiger partial charge in [-0.05, 0) is 0 Å². The Bertz CT molecular complexity index is 66.5. The molecular weight excluding hydrogens is 92.1 g/mol. The van der Waals surface area contributed by atoms with Crippen LogP contribution in [0.15, 0.2) is 25.4 Å². The van der Waals surface area contributed by atoms with Gasteiger partial charge < -0.3 is 9.47 Å². The van der Waals surface area contributed by atoms with Crippen molar-refractivity contribution in [3.8, 4) is 0 Å². The molecule has 0 amide bonds. The summed E-state index contributed by atoms with van der Waals surface area (Å²) in [7, 11) is 1.54. The van der Waals surface area contributed by atoms with E-state index in [-0.39, 0.29) is 0 Å². The summed E-state index contributed by atoms with van der Waals surface area (Å²) in [4.78, 5) is 0. The molecule has 0 aromatic rings. The molecule has 0 aromatic heterocycles. The van der Waals surface area contributed by atoms with E-state index < -0.39 is 0 Å². The summed E-state index contributed by atoms with van der Waals surface area (Å²) < 4.78 is 9.02. The molecule has 0 aromatic carbocycles. The molecule has 0 atom stereocenters. The molecule has 0 aliphatic rings. The van der Waals surface area contributed by atoms with E-state index in [9.17, 15) is 0 Å². The number of ether oxygens (including phenoxy) is 2. The van der Waals surface area contributed by atoms with Gasteiger partial charge in [-0.15, -0.1) is 0 Å². The summed E-state index contributed by atoms with van der Waals surface area (Å²) in [5.41, 5.74) is 0. The molecule has 7 heavy (non-hydrogen) atoms. The molecule has 0 unspecified atom stereocenters. The quantitative estimate of drug-likeness (QED) is 0.497. The van der Waals surface area contributed by atoms with Crippen LogP contribution in [0, 0.1) is 0 Å². The van der Waals surface area contributed by atoms with E-state index in [4.69, 9.17) is 0 Å². The van der Waals surface area contributed by atoms with E-state index >= 15 is 0 Å². The van der Waals surface area contributed by atoms with Crippen molar-refractivity contribution in [1.29, 1.82) is 0 Å². The summed E-state index contributed by atoms with van der Waals surface area (Å²) >= 11 is 0. The third-order valence-electron chi connectivity index (χ3n) is 0.366. The molecule has 0 aliphatic heterocycles. The van der Waals surface area contributed by atoms with E-state index in [0.717, 1.165) is 0 Å². The molecular formula is C5H8O2. The topological polar surface area (TPSA) is 18.5 Å². The molecule has 0 aliphatic carbocycles. The molecule has 40 valence electrons. The summed E-state index contributed by atoms with van der Waals surface area (Å²) in [5, 5.41) is 0. The van der Waals surface area contributed by atoms with Gasteiger partial charge in [0, 0.05) is 0 Å². The second-order valence-electron chi connectivity index (χ2n) is 0.811. The fourth-order valence-electron chi connectivity index (χ4n) is 0.143. The van der Waals surface area contributed by atoms with Crippen molar-refractivity contribution >= 4 is 0 Å². The normalized spacial score (nSPS) is 8.71. The molecule has 0 saturated carbocycles. The van der Waals surface area contributed by atoms with E-state index in [0.29, 0.717) is 0 Å². The lowest BCUT2D eigenvalue weighted by Crippen LogP contribution is -1.65. The van der Waals surface area contributed by atoms with Crippen molar-refractivity contribution in [1.82, 2.24) is 0 Å². The Kier molecular flexibility index (Phi) is 4.41. The van der Waals surface area contributed by atoms with Gasteiger partial charge in [-0.25, -0.2) is 0 Å². The van der Waals surface area contributed by atoms with Crippen molar-refractivity contribution in [3.63, 3.8) is 0 Å². The van der Waals surface area contributed by atoms with Gasteiger partial charge in [0.2, 0.25) is 0 Å². The molecule has 0 bridgehead atoms. The smallest absolute Gasteiger partial charge is 0.124 e. The molecule has 2 nitrogen and oxygen atoms in total. The van der Waals surface area contributed by atoms with Gasteiger partial charge in [0.1, 0.15) is 12.5 Å². The lowest BCUT2D eigenvalue weighted by Gasteiger charge is -1.84. The van der Waals surface area contributed by atoms with Crippen molar-refractivity contribution in [3.05, 3.63) is 25.4 Å². The highest BCUT2D eigenvalue weighted by molar-refractivity contribution is 4.64. The molecule has 0 spiro atoms. The van der Waals surface area contributed by atoms with Crippen LogP contribution in [-0.4, -0.2) is 7.11 Å². The monoisotopic (exact) mass is 100 g/mol. The SMILES string of the molecule is C=CO/C=C\OC. The fraction of sp³-hybridized carbons (Fsp3) is 0.200. The average molecular weight is 100 g/mol. The van der Waals surface area contributed by atoms with Gasteiger partial charge >= 0.3 is 0 Å². The Balaban J connectivity index is 2.92. The summed E-state index contributed by atoms with van der Waals surface area (Å²) in [6, 6.07) is 0. The number of hydrogen-bond donors (Lipinski definition) is 0. The van der Waals surface area contributed by atoms with Crippen LogP contribution in [0.2, 0.25) is 0 Å². The highest BCUT2D eigenvalue weighted by Crippen LogP contribution is 1.75. The van der Waals surface area contributed by atoms with E-state index in [1.807, 2.05) is 0 Å². The first-order valence-electron chi connectivity index (χ1n) is 1.86. The maximum absolute atomic E-state index is 4.53. The first kappa shape index (κ1) is 6.08. The summed E-state index contributed by atoms with van der Waals surface area (Å²) in [6.45, 7) is 3.30. The van der Waals surface area contributed by atoms with Crippen LogP contribution in [0.1, 0.15) is 0 Å². The average Bonchev–Trinajstić information content (AvgIpc) is 1.69. The van der Waals surface area contributed by atoms with E-state index in [2.05, 4.69) is 16.1 Å². The van der Waals surface area contributed by atoms with Gasteiger partial charge in [-0.3, -0.25) is 0 Å². The zero-order valence-corrected chi connectivity index (χ0v) is 4.26. The molecule has 0 radical (unpaired) electrons. The summed E-state index contributed by atoms with van der Waals surface area (Å²) in [6.07, 6.45) is 4.13. The van der Waals surface area contributed by atoms with Crippen LogP contribution in [0.4, 0.5) is 0 Å². The van der Waals surface area contributed by atoms with E-state index in [1.54, 1.807) is 7.11 Å². The first-order valence-corrected chi connectivity index (χ1v) is 1.86. The number of methoxy groups -OCH3 is 1. The second kappa shape index (κ2) is 5.08. The van der Waals surface area contributed by atoms with Crippen molar-refractivity contribution in [2.24, 2.45) is 0 Å². The van der Waals surface area contributed by atoms with Crippen molar-refractivity contribution < 1.29 is 9.47 Å². The zero-order valence-electron chi connectivity index (χ0n) is 4.26. The maximum atomic E-state index is 4.53. The highest BCUT2D eigenvalue weighted by Gasteiger charge is 1.59.